The second kappa shape index (κ2) is 10.8. The zero-order chi connectivity index (χ0) is 25.0. The zero-order valence-corrected chi connectivity index (χ0v) is 21.1. The normalized spacial score (nSPS) is 11.9. The van der Waals surface area contributed by atoms with E-state index in [-0.39, 0.29) is 5.69 Å². The van der Waals surface area contributed by atoms with Gasteiger partial charge in [-0.25, -0.2) is 0 Å². The molecule has 0 N–H and O–H groups in total. The van der Waals surface area contributed by atoms with Gasteiger partial charge in [-0.15, -0.1) is 0 Å². The quantitative estimate of drug-likeness (QED) is 0.212. The van der Waals surface area contributed by atoms with E-state index in [0.717, 1.165) is 33.8 Å². The predicted octanol–water partition coefficient (Wildman–Crippen LogP) is 7.67. The van der Waals surface area contributed by atoms with Crippen molar-refractivity contribution in [2.75, 3.05) is 27.2 Å². The number of ether oxygens (including phenoxy) is 1. The smallest absolute Gasteiger partial charge is 0.375 e. The highest BCUT2D eigenvalue weighted by Crippen LogP contribution is 2.39. The van der Waals surface area contributed by atoms with Crippen LogP contribution in [-0.4, -0.2) is 36.7 Å². The minimum atomic E-state index is -4.48. The lowest BCUT2D eigenvalue weighted by Gasteiger charge is -2.19. The Bertz CT molecular complexity index is 1260. The van der Waals surface area contributed by atoms with Crippen LogP contribution in [0.2, 0.25) is 0 Å². The average molecular weight is 543 g/mol. The number of hydrogen-bond acceptors (Lipinski definition) is 2. The molecule has 0 saturated carbocycles. The topological polar surface area (TPSA) is 17.4 Å². The van der Waals surface area contributed by atoms with Gasteiger partial charge in [0.25, 0.3) is 0 Å². The van der Waals surface area contributed by atoms with Crippen molar-refractivity contribution in [2.24, 2.45) is 0 Å². The van der Waals surface area contributed by atoms with Crippen LogP contribution in [0, 0.1) is 0 Å². The van der Waals surface area contributed by atoms with Crippen molar-refractivity contribution < 1.29 is 17.9 Å². The number of rotatable bonds is 8. The fourth-order valence-electron chi connectivity index (χ4n) is 3.88. The standard InChI is InChI=1S/C28H26BrF3N2O/c1-33(2)17-18-35-19-20-7-9-21(10-8-20)25-15-16-26(22-11-13-23(29)14-12-22)34(25)27-6-4-3-5-24(27)28(30,31)32/h3-16H,17-19H2,1-2H3. The largest absolute Gasteiger partial charge is 0.418 e. The fourth-order valence-corrected chi connectivity index (χ4v) is 4.15. The fraction of sp³-hybridized carbons (Fsp3) is 0.214. The van der Waals surface area contributed by atoms with Gasteiger partial charge in [0.1, 0.15) is 0 Å². The lowest BCUT2D eigenvalue weighted by molar-refractivity contribution is -0.137. The maximum atomic E-state index is 14.0. The molecule has 0 unspecified atom stereocenters. The van der Waals surface area contributed by atoms with Crippen molar-refractivity contribution in [3.05, 3.63) is 101 Å². The summed E-state index contributed by atoms with van der Waals surface area (Å²) in [6, 6.07) is 24.7. The maximum absolute atomic E-state index is 14.0. The van der Waals surface area contributed by atoms with Crippen molar-refractivity contribution in [1.82, 2.24) is 9.47 Å². The summed E-state index contributed by atoms with van der Waals surface area (Å²) in [5.74, 6) is 0. The SMILES string of the molecule is CN(C)CCOCc1ccc(-c2ccc(-c3ccc(Br)cc3)n2-c2ccccc2C(F)(F)F)cc1. The van der Waals surface area contributed by atoms with Gasteiger partial charge in [0.15, 0.2) is 0 Å². The maximum Gasteiger partial charge on any atom is 0.418 e. The molecule has 35 heavy (non-hydrogen) atoms. The van der Waals surface area contributed by atoms with Crippen LogP contribution < -0.4 is 0 Å². The number of halogens is 4. The predicted molar refractivity (Wildman–Crippen MR) is 138 cm³/mol. The zero-order valence-electron chi connectivity index (χ0n) is 19.5. The minimum Gasteiger partial charge on any atom is -0.375 e. The Kier molecular flexibility index (Phi) is 7.79. The molecule has 0 atom stereocenters. The van der Waals surface area contributed by atoms with Gasteiger partial charge in [0.2, 0.25) is 0 Å². The Morgan fingerprint density at radius 1 is 0.800 bits per heavy atom. The molecule has 0 spiro atoms. The number of para-hydroxylation sites is 1. The monoisotopic (exact) mass is 542 g/mol. The van der Waals surface area contributed by atoms with Crippen molar-refractivity contribution in [3.8, 4) is 28.2 Å². The summed E-state index contributed by atoms with van der Waals surface area (Å²) in [5, 5.41) is 0. The van der Waals surface area contributed by atoms with E-state index in [1.165, 1.54) is 12.1 Å². The van der Waals surface area contributed by atoms with Gasteiger partial charge in [-0.05, 0) is 67.2 Å². The Hall–Kier alpha value is -2.87. The molecule has 182 valence electrons. The Labute approximate surface area is 211 Å². The van der Waals surface area contributed by atoms with Crippen molar-refractivity contribution >= 4 is 15.9 Å². The van der Waals surface area contributed by atoms with Crippen molar-refractivity contribution in [1.29, 1.82) is 0 Å². The molecular formula is C28H26BrF3N2O. The second-order valence-corrected chi connectivity index (χ2v) is 9.43. The van der Waals surface area contributed by atoms with Crippen LogP contribution in [0.1, 0.15) is 11.1 Å². The molecular weight excluding hydrogens is 517 g/mol. The van der Waals surface area contributed by atoms with E-state index in [9.17, 15) is 13.2 Å². The molecule has 0 aliphatic rings. The third kappa shape index (κ3) is 6.04. The van der Waals surface area contributed by atoms with Crippen LogP contribution in [-0.2, 0) is 17.5 Å². The molecule has 3 nitrogen and oxygen atoms in total. The summed E-state index contributed by atoms with van der Waals surface area (Å²) in [5.41, 5.74) is 3.43. The van der Waals surface area contributed by atoms with Crippen LogP contribution in [0.4, 0.5) is 13.2 Å². The van der Waals surface area contributed by atoms with Crippen molar-refractivity contribution in [3.63, 3.8) is 0 Å². The summed E-state index contributed by atoms with van der Waals surface area (Å²) in [6.07, 6.45) is -4.48. The van der Waals surface area contributed by atoms with Gasteiger partial charge < -0.3 is 14.2 Å². The first-order valence-corrected chi connectivity index (χ1v) is 12.0. The number of alkyl halides is 3. The highest BCUT2D eigenvalue weighted by molar-refractivity contribution is 9.10. The van der Waals surface area contributed by atoms with Crippen LogP contribution >= 0.6 is 15.9 Å². The van der Waals surface area contributed by atoms with Crippen LogP contribution in [0.15, 0.2) is 89.4 Å². The van der Waals surface area contributed by atoms with Crippen molar-refractivity contribution in [2.45, 2.75) is 12.8 Å². The summed E-state index contributed by atoms with van der Waals surface area (Å²) in [7, 11) is 3.99. The number of benzene rings is 3. The van der Waals surface area contributed by atoms with E-state index in [0.29, 0.717) is 24.6 Å². The third-order valence-electron chi connectivity index (χ3n) is 5.67. The lowest BCUT2D eigenvalue weighted by Crippen LogP contribution is -2.17. The number of nitrogens with zero attached hydrogens (tertiary/aromatic N) is 2. The summed E-state index contributed by atoms with van der Waals surface area (Å²) >= 11 is 3.43. The van der Waals surface area contributed by atoms with Gasteiger partial charge in [-0.1, -0.05) is 64.5 Å². The van der Waals surface area contributed by atoms with Crippen LogP contribution in [0.5, 0.6) is 0 Å². The molecule has 1 aromatic heterocycles. The first-order valence-electron chi connectivity index (χ1n) is 11.2. The molecule has 7 heteroatoms. The molecule has 3 aromatic carbocycles. The minimum absolute atomic E-state index is 0.0917. The lowest BCUT2D eigenvalue weighted by atomic mass is 10.1. The van der Waals surface area contributed by atoms with Gasteiger partial charge in [-0.3, -0.25) is 0 Å². The highest BCUT2D eigenvalue weighted by Gasteiger charge is 2.34. The number of likely N-dealkylation sites (N-methyl/N-ethyl adjacent to an activating group) is 1. The Balaban J connectivity index is 1.76. The van der Waals surface area contributed by atoms with Gasteiger partial charge in [0, 0.05) is 11.0 Å². The molecule has 0 fully saturated rings. The summed E-state index contributed by atoms with van der Waals surface area (Å²) in [4.78, 5) is 2.05. The van der Waals surface area contributed by atoms with Gasteiger partial charge >= 0.3 is 6.18 Å². The molecule has 0 radical (unpaired) electrons. The first-order chi connectivity index (χ1) is 16.7. The molecule has 0 bridgehead atoms. The molecule has 0 aliphatic carbocycles. The number of aromatic nitrogens is 1. The molecule has 4 aromatic rings. The molecule has 0 amide bonds. The Morgan fingerprint density at radius 2 is 1.37 bits per heavy atom. The average Bonchev–Trinajstić information content (AvgIpc) is 3.27. The highest BCUT2D eigenvalue weighted by atomic mass is 79.9. The summed E-state index contributed by atoms with van der Waals surface area (Å²) in [6.45, 7) is 1.95. The molecule has 1 heterocycles. The Morgan fingerprint density at radius 3 is 1.94 bits per heavy atom. The van der Waals surface area contributed by atoms with Gasteiger partial charge in [-0.2, -0.15) is 13.2 Å². The van der Waals surface area contributed by atoms with Crippen LogP contribution in [0.25, 0.3) is 28.2 Å². The summed E-state index contributed by atoms with van der Waals surface area (Å²) < 4.78 is 50.2. The van der Waals surface area contributed by atoms with E-state index >= 15 is 0 Å². The third-order valence-corrected chi connectivity index (χ3v) is 6.20. The van der Waals surface area contributed by atoms with E-state index < -0.39 is 11.7 Å². The first kappa shape index (κ1) is 25.2. The van der Waals surface area contributed by atoms with Gasteiger partial charge in [0.05, 0.1) is 35.9 Å². The number of hydrogen-bond donors (Lipinski definition) is 0. The van der Waals surface area contributed by atoms with E-state index in [1.807, 2.05) is 74.8 Å². The molecule has 0 saturated heterocycles. The molecule has 0 aliphatic heterocycles. The van der Waals surface area contributed by atoms with E-state index in [4.69, 9.17) is 4.74 Å². The van der Waals surface area contributed by atoms with E-state index in [1.54, 1.807) is 10.6 Å². The second-order valence-electron chi connectivity index (χ2n) is 8.51. The van der Waals surface area contributed by atoms with E-state index in [2.05, 4.69) is 20.8 Å². The van der Waals surface area contributed by atoms with Crippen LogP contribution in [0.3, 0.4) is 0 Å². The molecule has 4 rings (SSSR count).